The van der Waals surface area contributed by atoms with Crippen LogP contribution in [0, 0.1) is 0 Å². The molecule has 0 saturated carbocycles. The number of carboxylic acids is 1. The Morgan fingerprint density at radius 2 is 1.88 bits per heavy atom. The minimum Gasteiger partial charge on any atom is -1.00 e. The first-order chi connectivity index (χ1) is 7.69. The summed E-state index contributed by atoms with van der Waals surface area (Å²) in [6.07, 6.45) is 0.0575. The molecule has 0 fully saturated rings. The van der Waals surface area contributed by atoms with Crippen molar-refractivity contribution in [1.82, 2.24) is 0 Å². The smallest absolute Gasteiger partial charge is 1.00 e. The summed E-state index contributed by atoms with van der Waals surface area (Å²) >= 11 is 0. The summed E-state index contributed by atoms with van der Waals surface area (Å²) in [6.45, 7) is 0. The van der Waals surface area contributed by atoms with Crippen molar-refractivity contribution in [2.45, 2.75) is 6.42 Å². The van der Waals surface area contributed by atoms with Crippen LogP contribution >= 0.6 is 0 Å². The van der Waals surface area contributed by atoms with Crippen molar-refractivity contribution in [3.63, 3.8) is 0 Å². The minimum atomic E-state index is -0.812. The van der Waals surface area contributed by atoms with E-state index in [2.05, 4.69) is 0 Å². The average molecular weight is 240 g/mol. The third-order valence-electron chi connectivity index (χ3n) is 2.47. The monoisotopic (exact) mass is 240 g/mol. The molecule has 0 saturated heterocycles. The molecule has 2 rings (SSSR count). The Bertz CT molecular complexity index is 543. The van der Waals surface area contributed by atoms with Gasteiger partial charge in [-0.2, -0.15) is 0 Å². The number of benzene rings is 2. The Morgan fingerprint density at radius 3 is 2.53 bits per heavy atom. The molecule has 0 aliphatic carbocycles. The van der Waals surface area contributed by atoms with Gasteiger partial charge in [0.05, 0.1) is 13.5 Å². The van der Waals surface area contributed by atoms with Crippen molar-refractivity contribution in [2.24, 2.45) is 0 Å². The van der Waals surface area contributed by atoms with E-state index in [1.807, 2.05) is 36.4 Å². The molecular formula is C13H13NaO3. The molecule has 0 amide bonds. The zero-order chi connectivity index (χ0) is 11.5. The normalized spacial score (nSPS) is 9.71. The molecule has 0 spiro atoms. The third kappa shape index (κ3) is 3.46. The van der Waals surface area contributed by atoms with Gasteiger partial charge in [0.25, 0.3) is 0 Å². The molecule has 3 nitrogen and oxygen atoms in total. The molecule has 84 valence electrons. The number of fused-ring (bicyclic) bond motifs is 1. The number of carbonyl (C=O) groups is 1. The van der Waals surface area contributed by atoms with E-state index in [4.69, 9.17) is 9.84 Å². The first kappa shape index (κ1) is 14.0. The summed E-state index contributed by atoms with van der Waals surface area (Å²) in [5.41, 5.74) is 0.810. The summed E-state index contributed by atoms with van der Waals surface area (Å²) in [5.74, 6) is -0.00801. The van der Waals surface area contributed by atoms with E-state index in [0.717, 1.165) is 22.1 Å². The summed E-state index contributed by atoms with van der Waals surface area (Å²) in [4.78, 5) is 10.6. The van der Waals surface area contributed by atoms with E-state index in [9.17, 15) is 4.79 Å². The van der Waals surface area contributed by atoms with Crippen LogP contribution in [0.2, 0.25) is 0 Å². The molecule has 4 heteroatoms. The molecule has 0 heterocycles. The van der Waals surface area contributed by atoms with Crippen molar-refractivity contribution in [2.75, 3.05) is 7.11 Å². The van der Waals surface area contributed by atoms with Crippen LogP contribution in [0.3, 0.4) is 0 Å². The Balaban J connectivity index is 0.00000144. The molecular weight excluding hydrogens is 227 g/mol. The van der Waals surface area contributed by atoms with Crippen LogP contribution in [0.5, 0.6) is 5.75 Å². The van der Waals surface area contributed by atoms with Crippen LogP contribution in [0.4, 0.5) is 0 Å². The molecule has 0 aromatic heterocycles. The zero-order valence-corrected chi connectivity index (χ0v) is 11.9. The fraction of sp³-hybridized carbons (Fsp3) is 0.154. The Labute approximate surface area is 123 Å². The van der Waals surface area contributed by atoms with E-state index < -0.39 is 5.97 Å². The van der Waals surface area contributed by atoms with Crippen LogP contribution in [0.15, 0.2) is 36.4 Å². The Kier molecular flexibility index (Phi) is 5.00. The van der Waals surface area contributed by atoms with Crippen LogP contribution < -0.4 is 34.3 Å². The van der Waals surface area contributed by atoms with E-state index in [1.54, 1.807) is 7.11 Å². The van der Waals surface area contributed by atoms with Gasteiger partial charge in [-0.3, -0.25) is 4.79 Å². The van der Waals surface area contributed by atoms with Crippen molar-refractivity contribution in [1.29, 1.82) is 0 Å². The topological polar surface area (TPSA) is 46.5 Å². The van der Waals surface area contributed by atoms with Crippen molar-refractivity contribution >= 4 is 16.7 Å². The van der Waals surface area contributed by atoms with Crippen LogP contribution in [-0.2, 0) is 11.2 Å². The van der Waals surface area contributed by atoms with E-state index >= 15 is 0 Å². The molecule has 1 N–H and O–H groups in total. The quantitative estimate of drug-likeness (QED) is 0.742. The molecule has 0 aliphatic heterocycles. The minimum absolute atomic E-state index is 0. The second-order valence-electron chi connectivity index (χ2n) is 3.62. The van der Waals surface area contributed by atoms with Gasteiger partial charge in [-0.15, -0.1) is 0 Å². The number of rotatable bonds is 3. The Hall–Kier alpha value is -1.03. The second-order valence-corrected chi connectivity index (χ2v) is 3.62. The van der Waals surface area contributed by atoms with Gasteiger partial charge in [0, 0.05) is 0 Å². The fourth-order valence-corrected chi connectivity index (χ4v) is 1.68. The standard InChI is InChI=1S/C13H12O3.Na.H/c1-16-12-5-4-10-6-9(7-13(14)15)2-3-11(10)8-12;;/h2-6,8H,7H2,1H3,(H,14,15);;/q;+1;-1. The fourth-order valence-electron chi connectivity index (χ4n) is 1.68. The maximum absolute atomic E-state index is 10.6. The van der Waals surface area contributed by atoms with E-state index in [-0.39, 0.29) is 37.4 Å². The van der Waals surface area contributed by atoms with Gasteiger partial charge in [-0.25, -0.2) is 0 Å². The van der Waals surface area contributed by atoms with Gasteiger partial charge in [0.2, 0.25) is 0 Å². The summed E-state index contributed by atoms with van der Waals surface area (Å²) in [5, 5.41) is 10.8. The average Bonchev–Trinajstić information content (AvgIpc) is 2.27. The molecule has 0 aliphatic rings. The maximum atomic E-state index is 10.6. The molecule has 0 unspecified atom stereocenters. The molecule has 0 radical (unpaired) electrons. The number of hydrogen-bond acceptors (Lipinski definition) is 2. The molecule has 2 aromatic carbocycles. The largest absolute Gasteiger partial charge is 1.00 e. The van der Waals surface area contributed by atoms with Gasteiger partial charge in [0.1, 0.15) is 5.75 Å². The van der Waals surface area contributed by atoms with Crippen molar-refractivity contribution in [3.05, 3.63) is 42.0 Å². The third-order valence-corrected chi connectivity index (χ3v) is 2.47. The number of methoxy groups -OCH3 is 1. The molecule has 2 aromatic rings. The number of carboxylic acid groups (broad SMARTS) is 1. The summed E-state index contributed by atoms with van der Waals surface area (Å²) in [6, 6.07) is 11.4. The van der Waals surface area contributed by atoms with E-state index in [1.165, 1.54) is 0 Å². The first-order valence-corrected chi connectivity index (χ1v) is 4.97. The van der Waals surface area contributed by atoms with Crippen molar-refractivity contribution < 1.29 is 45.6 Å². The number of hydrogen-bond donors (Lipinski definition) is 1. The SMILES string of the molecule is COc1ccc2cc(CC(=O)O)ccc2c1.[H-].[Na+]. The van der Waals surface area contributed by atoms with Crippen molar-refractivity contribution in [3.8, 4) is 5.75 Å². The van der Waals surface area contributed by atoms with Gasteiger partial charge < -0.3 is 11.3 Å². The first-order valence-electron chi connectivity index (χ1n) is 4.97. The number of aliphatic carboxylic acids is 1. The zero-order valence-electron chi connectivity index (χ0n) is 10.9. The summed E-state index contributed by atoms with van der Waals surface area (Å²) in [7, 11) is 1.62. The van der Waals surface area contributed by atoms with Crippen LogP contribution in [0.1, 0.15) is 6.99 Å². The predicted octanol–water partition coefficient (Wildman–Crippen LogP) is -0.408. The van der Waals surface area contributed by atoms with Gasteiger partial charge in [-0.1, -0.05) is 24.3 Å². The summed E-state index contributed by atoms with van der Waals surface area (Å²) < 4.78 is 5.12. The van der Waals surface area contributed by atoms with E-state index in [0.29, 0.717) is 0 Å². The predicted molar refractivity (Wildman–Crippen MR) is 63.0 cm³/mol. The number of ether oxygens (including phenoxy) is 1. The maximum Gasteiger partial charge on any atom is 1.00 e. The molecule has 0 bridgehead atoms. The second kappa shape index (κ2) is 6.05. The van der Waals surface area contributed by atoms with Gasteiger partial charge >= 0.3 is 35.5 Å². The van der Waals surface area contributed by atoms with Gasteiger partial charge in [-0.05, 0) is 28.5 Å². The van der Waals surface area contributed by atoms with Gasteiger partial charge in [0.15, 0.2) is 0 Å². The van der Waals surface area contributed by atoms with Crippen LogP contribution in [-0.4, -0.2) is 18.2 Å². The molecule has 17 heavy (non-hydrogen) atoms. The molecule has 0 atom stereocenters. The Morgan fingerprint density at radius 1 is 1.24 bits per heavy atom. The van der Waals surface area contributed by atoms with Crippen LogP contribution in [0.25, 0.3) is 10.8 Å².